The van der Waals surface area contributed by atoms with Crippen LogP contribution in [0, 0.1) is 37.1 Å². The summed E-state index contributed by atoms with van der Waals surface area (Å²) in [7, 11) is 0. The minimum absolute atomic E-state index is 0.0502. The van der Waals surface area contributed by atoms with E-state index in [9.17, 15) is 22.4 Å². The van der Waals surface area contributed by atoms with Crippen LogP contribution in [0.5, 0.6) is 0 Å². The smallest absolute Gasteiger partial charge is 0.198 e. The molecule has 2 aromatic carbocycles. The predicted molar refractivity (Wildman–Crippen MR) is 65.6 cm³/mol. The first-order valence-electron chi connectivity index (χ1n) is 5.77. The van der Waals surface area contributed by atoms with E-state index in [0.717, 1.165) is 0 Å². The Hall–Kier alpha value is -2.17. The van der Waals surface area contributed by atoms with E-state index in [1.165, 1.54) is 26.0 Å². The van der Waals surface area contributed by atoms with Crippen molar-refractivity contribution in [2.24, 2.45) is 0 Å². The van der Waals surface area contributed by atoms with Crippen molar-refractivity contribution in [3.05, 3.63) is 69.8 Å². The van der Waals surface area contributed by atoms with E-state index in [1.807, 2.05) is 0 Å². The standard InChI is InChI=1S/C15H10F4O/c1-7-3-9(4-8(2)14(7)19)15(20)13-11(17)5-10(16)6-12(13)18/h3-6H,1-2H3. The van der Waals surface area contributed by atoms with Crippen LogP contribution < -0.4 is 0 Å². The summed E-state index contributed by atoms with van der Waals surface area (Å²) in [5, 5.41) is 0. The first-order chi connectivity index (χ1) is 9.31. The van der Waals surface area contributed by atoms with Gasteiger partial charge in [-0.05, 0) is 37.1 Å². The molecule has 0 N–H and O–H groups in total. The Morgan fingerprint density at radius 3 is 1.75 bits per heavy atom. The fourth-order valence-electron chi connectivity index (χ4n) is 1.98. The van der Waals surface area contributed by atoms with Crippen LogP contribution in [0.15, 0.2) is 24.3 Å². The van der Waals surface area contributed by atoms with E-state index >= 15 is 0 Å². The van der Waals surface area contributed by atoms with Crippen molar-refractivity contribution in [1.82, 2.24) is 0 Å². The summed E-state index contributed by atoms with van der Waals surface area (Å²) in [4.78, 5) is 12.1. The SMILES string of the molecule is Cc1cc(C(=O)c2c(F)cc(F)cc2F)cc(C)c1F. The Labute approximate surface area is 112 Å². The monoisotopic (exact) mass is 282 g/mol. The van der Waals surface area contributed by atoms with Gasteiger partial charge in [-0.25, -0.2) is 17.6 Å². The lowest BCUT2D eigenvalue weighted by Gasteiger charge is -2.08. The average molecular weight is 282 g/mol. The molecule has 1 nitrogen and oxygen atoms in total. The summed E-state index contributed by atoms with van der Waals surface area (Å²) in [6.45, 7) is 2.88. The second-order valence-corrected chi connectivity index (χ2v) is 4.50. The van der Waals surface area contributed by atoms with Crippen molar-refractivity contribution in [1.29, 1.82) is 0 Å². The van der Waals surface area contributed by atoms with Gasteiger partial charge in [-0.15, -0.1) is 0 Å². The molecule has 0 radical (unpaired) electrons. The normalized spacial score (nSPS) is 10.7. The second-order valence-electron chi connectivity index (χ2n) is 4.50. The number of benzene rings is 2. The van der Waals surface area contributed by atoms with Crippen LogP contribution >= 0.6 is 0 Å². The highest BCUT2D eigenvalue weighted by Crippen LogP contribution is 2.22. The Morgan fingerprint density at radius 2 is 1.30 bits per heavy atom. The van der Waals surface area contributed by atoms with Crippen molar-refractivity contribution in [3.8, 4) is 0 Å². The highest BCUT2D eigenvalue weighted by molar-refractivity contribution is 6.09. The number of carbonyl (C=O) groups is 1. The predicted octanol–water partition coefficient (Wildman–Crippen LogP) is 4.09. The maximum Gasteiger partial charge on any atom is 0.198 e. The van der Waals surface area contributed by atoms with Gasteiger partial charge >= 0.3 is 0 Å². The van der Waals surface area contributed by atoms with Crippen LogP contribution in [0.1, 0.15) is 27.0 Å². The highest BCUT2D eigenvalue weighted by Gasteiger charge is 2.21. The molecule has 0 atom stereocenters. The minimum atomic E-state index is -1.29. The topological polar surface area (TPSA) is 17.1 Å². The second kappa shape index (κ2) is 5.07. The lowest BCUT2D eigenvalue weighted by Crippen LogP contribution is -2.09. The van der Waals surface area contributed by atoms with Crippen LogP contribution in [0.25, 0.3) is 0 Å². The Balaban J connectivity index is 2.58. The summed E-state index contributed by atoms with van der Waals surface area (Å²) in [5.74, 6) is -5.12. The Morgan fingerprint density at radius 1 is 0.850 bits per heavy atom. The van der Waals surface area contributed by atoms with Crippen molar-refractivity contribution in [2.45, 2.75) is 13.8 Å². The lowest BCUT2D eigenvalue weighted by molar-refractivity contribution is 0.103. The molecule has 20 heavy (non-hydrogen) atoms. The molecule has 0 heterocycles. The molecule has 104 valence electrons. The molecule has 2 aromatic rings. The van der Waals surface area contributed by atoms with E-state index in [1.54, 1.807) is 0 Å². The molecule has 0 aliphatic carbocycles. The zero-order valence-corrected chi connectivity index (χ0v) is 10.7. The number of carbonyl (C=O) groups excluding carboxylic acids is 1. The Kier molecular flexibility index (Phi) is 3.61. The molecule has 0 aliphatic heterocycles. The van der Waals surface area contributed by atoms with Crippen LogP contribution in [0.2, 0.25) is 0 Å². The molecule has 0 spiro atoms. The molecule has 0 saturated heterocycles. The van der Waals surface area contributed by atoms with Gasteiger partial charge in [-0.2, -0.15) is 0 Å². The number of rotatable bonds is 2. The summed E-state index contributed by atoms with van der Waals surface area (Å²) < 4.78 is 53.4. The van der Waals surface area contributed by atoms with Gasteiger partial charge in [0.2, 0.25) is 0 Å². The van der Waals surface area contributed by atoms with E-state index in [2.05, 4.69) is 0 Å². The molecular weight excluding hydrogens is 272 g/mol. The van der Waals surface area contributed by atoms with Crippen molar-refractivity contribution >= 4 is 5.78 Å². The lowest BCUT2D eigenvalue weighted by atomic mass is 9.98. The molecular formula is C15H10F4O. The fraction of sp³-hybridized carbons (Fsp3) is 0.133. The third kappa shape index (κ3) is 2.43. The molecule has 0 fully saturated rings. The van der Waals surface area contributed by atoms with Gasteiger partial charge < -0.3 is 0 Å². The average Bonchev–Trinajstić information content (AvgIpc) is 2.33. The number of ketones is 1. The molecule has 0 aliphatic rings. The van der Waals surface area contributed by atoms with Crippen molar-refractivity contribution < 1.29 is 22.4 Å². The molecule has 0 saturated carbocycles. The number of aryl methyl sites for hydroxylation is 2. The van der Waals surface area contributed by atoms with Gasteiger partial charge in [0.1, 0.15) is 23.3 Å². The van der Waals surface area contributed by atoms with E-state index in [4.69, 9.17) is 0 Å². The molecule has 2 rings (SSSR count). The zero-order chi connectivity index (χ0) is 15.0. The first-order valence-corrected chi connectivity index (χ1v) is 5.77. The summed E-state index contributed by atoms with van der Waals surface area (Å²) in [6, 6.07) is 3.26. The van der Waals surface area contributed by atoms with Crippen molar-refractivity contribution in [2.75, 3.05) is 0 Å². The summed E-state index contributed by atoms with van der Waals surface area (Å²) in [5.41, 5.74) is -0.518. The van der Waals surface area contributed by atoms with Crippen LogP contribution in [0.3, 0.4) is 0 Å². The summed E-state index contributed by atoms with van der Waals surface area (Å²) >= 11 is 0. The molecule has 0 amide bonds. The van der Waals surface area contributed by atoms with E-state index < -0.39 is 34.6 Å². The van der Waals surface area contributed by atoms with E-state index in [-0.39, 0.29) is 16.7 Å². The maximum absolute atomic E-state index is 13.6. The van der Waals surface area contributed by atoms with Gasteiger partial charge in [0.05, 0.1) is 5.56 Å². The fourth-order valence-corrected chi connectivity index (χ4v) is 1.98. The van der Waals surface area contributed by atoms with Gasteiger partial charge in [-0.3, -0.25) is 4.79 Å². The first kappa shape index (κ1) is 14.2. The van der Waals surface area contributed by atoms with Crippen LogP contribution in [0.4, 0.5) is 17.6 Å². The highest BCUT2D eigenvalue weighted by atomic mass is 19.1. The number of halogens is 4. The van der Waals surface area contributed by atoms with Crippen LogP contribution in [-0.2, 0) is 0 Å². The maximum atomic E-state index is 13.6. The molecule has 0 aromatic heterocycles. The quantitative estimate of drug-likeness (QED) is 0.599. The van der Waals surface area contributed by atoms with Gasteiger partial charge in [0.25, 0.3) is 0 Å². The van der Waals surface area contributed by atoms with Crippen LogP contribution in [-0.4, -0.2) is 5.78 Å². The minimum Gasteiger partial charge on any atom is -0.288 e. The number of hydrogen-bond donors (Lipinski definition) is 0. The van der Waals surface area contributed by atoms with Gasteiger partial charge in [-0.1, -0.05) is 0 Å². The van der Waals surface area contributed by atoms with Gasteiger partial charge in [0, 0.05) is 17.7 Å². The van der Waals surface area contributed by atoms with Crippen molar-refractivity contribution in [3.63, 3.8) is 0 Å². The molecule has 0 bridgehead atoms. The molecule has 0 unspecified atom stereocenters. The number of hydrogen-bond acceptors (Lipinski definition) is 1. The molecule has 5 heteroatoms. The largest absolute Gasteiger partial charge is 0.288 e. The zero-order valence-electron chi connectivity index (χ0n) is 10.7. The third-order valence-electron chi connectivity index (χ3n) is 2.93. The summed E-state index contributed by atoms with van der Waals surface area (Å²) in [6.07, 6.45) is 0. The van der Waals surface area contributed by atoms with Gasteiger partial charge in [0.15, 0.2) is 5.78 Å². The Bertz CT molecular complexity index is 661. The third-order valence-corrected chi connectivity index (χ3v) is 2.93. The van der Waals surface area contributed by atoms with E-state index in [0.29, 0.717) is 12.1 Å².